The van der Waals surface area contributed by atoms with Gasteiger partial charge < -0.3 is 9.11 Å². The van der Waals surface area contributed by atoms with Crippen LogP contribution in [0.3, 0.4) is 0 Å². The summed E-state index contributed by atoms with van der Waals surface area (Å²) in [6.07, 6.45) is 1.90. The van der Waals surface area contributed by atoms with Crippen LogP contribution in [0.15, 0.2) is 85.1 Å². The van der Waals surface area contributed by atoms with E-state index >= 15 is 4.20 Å². The molecule has 17 heteroatoms. The largest absolute Gasteiger partial charge is 0.741 e. The first-order valence-electron chi connectivity index (χ1n) is 9.42. The second-order valence-electron chi connectivity index (χ2n) is 6.73. The summed E-state index contributed by atoms with van der Waals surface area (Å²) >= 11 is 0. The maximum Gasteiger partial charge on any atom is 0.485 e. The quantitative estimate of drug-likeness (QED) is 0.151. The second-order valence-corrected chi connectivity index (χ2v) is 12.1. The highest BCUT2D eigenvalue weighted by Crippen LogP contribution is 2.55. The lowest BCUT2D eigenvalue weighted by Crippen LogP contribution is -2.49. The van der Waals surface area contributed by atoms with E-state index < -0.39 is 38.8 Å². The van der Waals surface area contributed by atoms with Crippen LogP contribution >= 0.6 is 7.57 Å². The zero-order valence-corrected chi connectivity index (χ0v) is 20.9. The maximum atomic E-state index is 16.3. The van der Waals surface area contributed by atoms with Gasteiger partial charge in [-0.15, -0.1) is 0 Å². The van der Waals surface area contributed by atoms with Crippen molar-refractivity contribution in [3.8, 4) is 0 Å². The van der Waals surface area contributed by atoms with E-state index in [2.05, 4.69) is 0 Å². The van der Waals surface area contributed by atoms with Crippen molar-refractivity contribution < 1.29 is 61.0 Å². The summed E-state index contributed by atoms with van der Waals surface area (Å²) in [4.78, 5) is 0. The number of benzene rings is 2. The number of aromatic nitrogens is 1. The number of rotatable bonds is 3. The Morgan fingerprint density at radius 1 is 0.649 bits per heavy atom. The molecule has 37 heavy (non-hydrogen) atoms. The monoisotopic (exact) mass is 595 g/mol. The lowest BCUT2D eigenvalue weighted by Gasteiger charge is -2.13. The minimum absolute atomic E-state index is 0.724. The summed E-state index contributed by atoms with van der Waals surface area (Å²) in [5.41, 5.74) is -10.6. The van der Waals surface area contributed by atoms with Crippen LogP contribution in [0.1, 0.15) is 0 Å². The van der Waals surface area contributed by atoms with E-state index in [1.54, 1.807) is 0 Å². The SMILES string of the molecule is C[n+]1ccccc1[P+](F)(c1ccccc1)c1ccccc1.O=S(=O)([O-])C(F)(F)F.O=S(=O)([O-])C(F)(F)F. The molecule has 0 N–H and O–H groups in total. The highest BCUT2D eigenvalue weighted by molar-refractivity contribution is 7.91. The molecule has 0 saturated heterocycles. The van der Waals surface area contributed by atoms with Crippen molar-refractivity contribution >= 4 is 43.9 Å². The van der Waals surface area contributed by atoms with Gasteiger partial charge in [-0.3, -0.25) is 0 Å². The minimum atomic E-state index is -6.09. The van der Waals surface area contributed by atoms with Crippen molar-refractivity contribution in [2.75, 3.05) is 0 Å². The molecule has 0 saturated carbocycles. The first kappa shape index (κ1) is 32.4. The van der Waals surface area contributed by atoms with Gasteiger partial charge in [0, 0.05) is 6.07 Å². The molecule has 0 aliphatic rings. The van der Waals surface area contributed by atoms with Crippen LogP contribution in [0.2, 0.25) is 0 Å². The predicted octanol–water partition coefficient (Wildman–Crippen LogP) is 2.79. The van der Waals surface area contributed by atoms with Crippen LogP contribution in [-0.4, -0.2) is 37.0 Å². The van der Waals surface area contributed by atoms with Crippen LogP contribution in [-0.2, 0) is 27.3 Å². The molecule has 0 aliphatic carbocycles. The summed E-state index contributed by atoms with van der Waals surface area (Å²) in [5.74, 6) is 0. The van der Waals surface area contributed by atoms with Crippen LogP contribution < -0.4 is 20.6 Å². The van der Waals surface area contributed by atoms with Gasteiger partial charge in [0.2, 0.25) is 0 Å². The summed E-state index contributed by atoms with van der Waals surface area (Å²) in [6.45, 7) is 0. The summed E-state index contributed by atoms with van der Waals surface area (Å²) in [5, 5.41) is 1.50. The summed E-state index contributed by atoms with van der Waals surface area (Å²) in [6, 6.07) is 24.7. The number of halogens is 7. The highest BCUT2D eigenvalue weighted by Gasteiger charge is 2.54. The predicted molar refractivity (Wildman–Crippen MR) is 119 cm³/mol. The smallest absolute Gasteiger partial charge is 0.485 e. The summed E-state index contributed by atoms with van der Waals surface area (Å²) in [7, 11) is -13.4. The Hall–Kier alpha value is -2.65. The van der Waals surface area contributed by atoms with Crippen molar-refractivity contribution in [3.63, 3.8) is 0 Å². The van der Waals surface area contributed by atoms with Gasteiger partial charge in [-0.05, 0) is 34.5 Å². The molecule has 0 fully saturated rings. The highest BCUT2D eigenvalue weighted by atomic mass is 32.2. The van der Waals surface area contributed by atoms with Gasteiger partial charge in [-0.25, -0.2) is 16.8 Å². The van der Waals surface area contributed by atoms with E-state index in [1.807, 2.05) is 96.7 Å². The molecular formula is C20H17F7NO6PS2. The molecule has 1 aromatic heterocycles. The Kier molecular flexibility index (Phi) is 10.7. The zero-order chi connectivity index (χ0) is 28.7. The fraction of sp³-hybridized carbons (Fsp3) is 0.150. The van der Waals surface area contributed by atoms with E-state index in [4.69, 9.17) is 25.9 Å². The Balaban J connectivity index is 0.000000355. The normalized spacial score (nSPS) is 12.5. The van der Waals surface area contributed by atoms with Gasteiger partial charge in [0.15, 0.2) is 26.4 Å². The van der Waals surface area contributed by atoms with Crippen molar-refractivity contribution in [1.29, 1.82) is 0 Å². The number of nitrogens with zero attached hydrogens (tertiary/aromatic N) is 1. The third kappa shape index (κ3) is 9.00. The third-order valence-corrected chi connectivity index (χ3v) is 8.38. The number of hydrogen-bond acceptors (Lipinski definition) is 6. The van der Waals surface area contributed by atoms with Crippen molar-refractivity contribution in [2.24, 2.45) is 7.05 Å². The Labute approximate surface area is 208 Å². The van der Waals surface area contributed by atoms with Crippen molar-refractivity contribution in [2.45, 2.75) is 11.0 Å². The van der Waals surface area contributed by atoms with E-state index in [0.29, 0.717) is 0 Å². The van der Waals surface area contributed by atoms with E-state index in [0.717, 1.165) is 16.0 Å². The van der Waals surface area contributed by atoms with Crippen molar-refractivity contribution in [3.05, 3.63) is 85.1 Å². The average Bonchev–Trinajstić information content (AvgIpc) is 2.78. The molecule has 7 nitrogen and oxygen atoms in total. The van der Waals surface area contributed by atoms with Crippen molar-refractivity contribution in [1.82, 2.24) is 0 Å². The topological polar surface area (TPSA) is 118 Å². The number of alkyl halides is 6. The number of pyridine rings is 1. The molecule has 0 amide bonds. The first-order valence-corrected chi connectivity index (χ1v) is 13.9. The molecule has 3 aromatic rings. The number of hydrogen-bond donors (Lipinski definition) is 0. The minimum Gasteiger partial charge on any atom is -0.741 e. The van der Waals surface area contributed by atoms with E-state index in [9.17, 15) is 26.3 Å². The molecule has 0 radical (unpaired) electrons. The Bertz CT molecular complexity index is 1290. The Morgan fingerprint density at radius 2 is 0.946 bits per heavy atom. The fourth-order valence-corrected chi connectivity index (χ4v) is 5.30. The van der Waals surface area contributed by atoms with Crippen LogP contribution in [0, 0.1) is 0 Å². The van der Waals surface area contributed by atoms with Gasteiger partial charge >= 0.3 is 24.0 Å². The molecule has 204 valence electrons. The van der Waals surface area contributed by atoms with Gasteiger partial charge in [0.25, 0.3) is 0 Å². The summed E-state index contributed by atoms with van der Waals surface area (Å²) < 4.78 is 136. The maximum absolute atomic E-state index is 16.3. The number of aryl methyl sites for hydroxylation is 1. The van der Waals surface area contributed by atoms with Gasteiger partial charge in [0.05, 0.1) is 6.07 Å². The van der Waals surface area contributed by atoms with Crippen LogP contribution in [0.4, 0.5) is 30.5 Å². The van der Waals surface area contributed by atoms with Gasteiger partial charge in [-0.2, -0.15) is 30.9 Å². The van der Waals surface area contributed by atoms with Crippen LogP contribution in [0.25, 0.3) is 0 Å². The third-order valence-electron chi connectivity index (χ3n) is 4.13. The lowest BCUT2D eigenvalue weighted by atomic mass is 10.4. The fourth-order valence-electron chi connectivity index (χ4n) is 2.51. The van der Waals surface area contributed by atoms with Gasteiger partial charge in [0.1, 0.15) is 17.7 Å². The molecule has 0 atom stereocenters. The Morgan fingerprint density at radius 3 is 1.22 bits per heavy atom. The molecule has 3 rings (SSSR count). The lowest BCUT2D eigenvalue weighted by molar-refractivity contribution is -0.653. The van der Waals surface area contributed by atoms with E-state index in [-0.39, 0.29) is 0 Å². The van der Waals surface area contributed by atoms with E-state index in [1.165, 1.54) is 0 Å². The molecule has 0 unspecified atom stereocenters. The zero-order valence-electron chi connectivity index (χ0n) is 18.4. The molecule has 1 heterocycles. The molecule has 0 spiro atoms. The van der Waals surface area contributed by atoms with Crippen LogP contribution in [0.5, 0.6) is 0 Å². The molecule has 0 aliphatic heterocycles. The molecule has 0 bridgehead atoms. The second kappa shape index (κ2) is 12.3. The molecular weight excluding hydrogens is 578 g/mol. The first-order chi connectivity index (χ1) is 16.7. The molecule has 2 aromatic carbocycles. The standard InChI is InChI=1S/C18H17FNP.2CHF3O3S/c1-20-15-9-8-14-18(20)21(19,16-10-4-2-5-11-16)17-12-6-3-7-13-17;2*2-1(3,4)8(5,6)7/h2-15H,1H3;2*(H,5,6,7)/q+2;;/p-2. The average molecular weight is 595 g/mol. The van der Waals surface area contributed by atoms with Gasteiger partial charge in [-0.1, -0.05) is 36.4 Å².